The summed E-state index contributed by atoms with van der Waals surface area (Å²) >= 11 is 6.97. The van der Waals surface area contributed by atoms with Gasteiger partial charge in [-0.25, -0.2) is 0 Å². The fourth-order valence-corrected chi connectivity index (χ4v) is 3.03. The minimum Gasteiger partial charge on any atom is -0.496 e. The fourth-order valence-electron chi connectivity index (χ4n) is 2.21. The Bertz CT molecular complexity index is 670. The van der Waals surface area contributed by atoms with Gasteiger partial charge in [-0.3, -0.25) is 4.79 Å². The molecule has 0 atom stereocenters. The highest BCUT2D eigenvalue weighted by molar-refractivity contribution is 9.10. The molecular weight excluding hydrogens is 396 g/mol. The number of rotatable bonds is 4. The molecule has 0 aliphatic carbocycles. The van der Waals surface area contributed by atoms with Crippen LogP contribution in [0.4, 0.5) is 0 Å². The molecule has 0 heterocycles. The monoisotopic (exact) mass is 410 g/mol. The summed E-state index contributed by atoms with van der Waals surface area (Å²) < 4.78 is 7.12. The van der Waals surface area contributed by atoms with E-state index in [1.807, 2.05) is 44.2 Å². The second-order valence-electron chi connectivity index (χ2n) is 4.99. The van der Waals surface area contributed by atoms with Crippen molar-refractivity contribution in [3.05, 3.63) is 61.5 Å². The Kier molecular flexibility index (Phi) is 5.22. The van der Waals surface area contributed by atoms with Crippen molar-refractivity contribution < 1.29 is 9.53 Å². The number of ether oxygens (including phenoxy) is 1. The molecule has 0 saturated carbocycles. The minimum atomic E-state index is 0.116. The quantitative estimate of drug-likeness (QED) is 0.641. The summed E-state index contributed by atoms with van der Waals surface area (Å²) in [5.41, 5.74) is 3.87. The molecule has 0 unspecified atom stereocenters. The summed E-state index contributed by atoms with van der Waals surface area (Å²) in [6, 6.07) is 9.57. The van der Waals surface area contributed by atoms with Gasteiger partial charge in [-0.2, -0.15) is 0 Å². The third kappa shape index (κ3) is 3.74. The molecule has 0 amide bonds. The van der Waals surface area contributed by atoms with E-state index >= 15 is 0 Å². The molecule has 0 spiro atoms. The van der Waals surface area contributed by atoms with Crippen LogP contribution in [0.2, 0.25) is 0 Å². The zero-order valence-corrected chi connectivity index (χ0v) is 15.3. The number of hydrogen-bond acceptors (Lipinski definition) is 2. The first-order valence-electron chi connectivity index (χ1n) is 6.54. The summed E-state index contributed by atoms with van der Waals surface area (Å²) in [7, 11) is 1.62. The summed E-state index contributed by atoms with van der Waals surface area (Å²) in [5, 5.41) is 0. The second-order valence-corrected chi connectivity index (χ2v) is 6.64. The maximum atomic E-state index is 12.4. The Morgan fingerprint density at radius 2 is 1.71 bits per heavy atom. The molecule has 0 N–H and O–H groups in total. The maximum Gasteiger partial charge on any atom is 0.167 e. The third-order valence-electron chi connectivity index (χ3n) is 3.34. The van der Waals surface area contributed by atoms with Crippen molar-refractivity contribution in [3.8, 4) is 5.75 Å². The predicted molar refractivity (Wildman–Crippen MR) is 92.3 cm³/mol. The molecule has 2 aromatic carbocycles. The molecule has 2 nitrogen and oxygen atoms in total. The SMILES string of the molecule is COc1ccc(CC(=O)c2cc(C)c(Br)c(C)c2)cc1Br. The summed E-state index contributed by atoms with van der Waals surface area (Å²) in [5.74, 6) is 0.882. The van der Waals surface area contributed by atoms with Crippen molar-refractivity contribution in [3.63, 3.8) is 0 Å². The van der Waals surface area contributed by atoms with E-state index in [0.717, 1.165) is 36.9 Å². The van der Waals surface area contributed by atoms with Crippen LogP contribution in [0, 0.1) is 13.8 Å². The molecule has 0 fully saturated rings. The molecule has 2 aromatic rings. The molecule has 21 heavy (non-hydrogen) atoms. The van der Waals surface area contributed by atoms with Crippen LogP contribution in [0.3, 0.4) is 0 Å². The van der Waals surface area contributed by atoms with Crippen molar-refractivity contribution in [2.45, 2.75) is 20.3 Å². The number of halogens is 2. The van der Waals surface area contributed by atoms with Gasteiger partial charge in [0, 0.05) is 16.5 Å². The van der Waals surface area contributed by atoms with Gasteiger partial charge in [0.2, 0.25) is 0 Å². The Labute approximate surface area is 141 Å². The van der Waals surface area contributed by atoms with Gasteiger partial charge >= 0.3 is 0 Å². The molecule has 0 bridgehead atoms. The van der Waals surface area contributed by atoms with E-state index in [-0.39, 0.29) is 5.78 Å². The van der Waals surface area contributed by atoms with Crippen molar-refractivity contribution in [2.24, 2.45) is 0 Å². The molecule has 110 valence electrons. The van der Waals surface area contributed by atoms with Gasteiger partial charge in [0.15, 0.2) is 5.78 Å². The first-order chi connectivity index (χ1) is 9.92. The lowest BCUT2D eigenvalue weighted by molar-refractivity contribution is 0.0992. The van der Waals surface area contributed by atoms with Crippen LogP contribution < -0.4 is 4.74 Å². The van der Waals surface area contributed by atoms with Gasteiger partial charge in [0.1, 0.15) is 5.75 Å². The second kappa shape index (κ2) is 6.75. The van der Waals surface area contributed by atoms with E-state index in [9.17, 15) is 4.79 Å². The van der Waals surface area contributed by atoms with Crippen LogP contribution in [0.25, 0.3) is 0 Å². The average molecular weight is 412 g/mol. The molecule has 0 aliphatic heterocycles. The van der Waals surface area contributed by atoms with Crippen molar-refractivity contribution in [1.82, 2.24) is 0 Å². The zero-order valence-electron chi connectivity index (χ0n) is 12.2. The number of carbonyl (C=O) groups excluding carboxylic acids is 1. The Balaban J connectivity index is 2.24. The lowest BCUT2D eigenvalue weighted by atomic mass is 9.99. The first kappa shape index (κ1) is 16.2. The van der Waals surface area contributed by atoms with E-state index in [1.54, 1.807) is 7.11 Å². The lowest BCUT2D eigenvalue weighted by Crippen LogP contribution is -2.05. The smallest absolute Gasteiger partial charge is 0.167 e. The van der Waals surface area contributed by atoms with Crippen LogP contribution in [0.1, 0.15) is 27.0 Å². The van der Waals surface area contributed by atoms with Crippen LogP contribution in [0.15, 0.2) is 39.3 Å². The molecule has 0 aliphatic rings. The first-order valence-corrected chi connectivity index (χ1v) is 8.13. The van der Waals surface area contributed by atoms with Crippen LogP contribution in [-0.4, -0.2) is 12.9 Å². The molecule has 0 radical (unpaired) electrons. The molecular formula is C17H16Br2O2. The standard InChI is InChI=1S/C17H16Br2O2/c1-10-6-13(7-11(2)17(10)19)15(20)9-12-4-5-16(21-3)14(18)8-12/h4-8H,9H2,1-3H3. The molecule has 4 heteroatoms. The largest absolute Gasteiger partial charge is 0.496 e. The van der Waals surface area contributed by atoms with Crippen molar-refractivity contribution >= 4 is 37.6 Å². The van der Waals surface area contributed by atoms with E-state index in [2.05, 4.69) is 31.9 Å². The van der Waals surface area contributed by atoms with E-state index in [1.165, 1.54) is 0 Å². The number of aryl methyl sites for hydroxylation is 2. The highest BCUT2D eigenvalue weighted by atomic mass is 79.9. The van der Waals surface area contributed by atoms with Gasteiger partial charge in [0.25, 0.3) is 0 Å². The summed E-state index contributed by atoms with van der Waals surface area (Å²) in [6.45, 7) is 4.00. The van der Waals surface area contributed by atoms with E-state index in [0.29, 0.717) is 6.42 Å². The normalized spacial score (nSPS) is 10.5. The number of ketones is 1. The Morgan fingerprint density at radius 1 is 1.10 bits per heavy atom. The van der Waals surface area contributed by atoms with Crippen LogP contribution in [-0.2, 0) is 6.42 Å². The number of Topliss-reactive ketones (excluding diaryl/α,β-unsaturated/α-hetero) is 1. The van der Waals surface area contributed by atoms with Gasteiger partial charge in [-0.1, -0.05) is 22.0 Å². The topological polar surface area (TPSA) is 26.3 Å². The van der Waals surface area contributed by atoms with Crippen LogP contribution >= 0.6 is 31.9 Å². The van der Waals surface area contributed by atoms with Gasteiger partial charge in [-0.05, 0) is 70.7 Å². The number of benzene rings is 2. The average Bonchev–Trinajstić information content (AvgIpc) is 2.44. The minimum absolute atomic E-state index is 0.116. The Morgan fingerprint density at radius 3 is 2.24 bits per heavy atom. The molecule has 0 saturated heterocycles. The number of hydrogen-bond donors (Lipinski definition) is 0. The highest BCUT2D eigenvalue weighted by Gasteiger charge is 2.11. The summed E-state index contributed by atoms with van der Waals surface area (Å²) in [6.07, 6.45) is 0.378. The van der Waals surface area contributed by atoms with Gasteiger partial charge in [-0.15, -0.1) is 0 Å². The Hall–Kier alpha value is -1.13. The highest BCUT2D eigenvalue weighted by Crippen LogP contribution is 2.27. The maximum absolute atomic E-state index is 12.4. The third-order valence-corrected chi connectivity index (χ3v) is 5.21. The van der Waals surface area contributed by atoms with Gasteiger partial charge < -0.3 is 4.74 Å². The number of carbonyl (C=O) groups is 1. The van der Waals surface area contributed by atoms with Crippen molar-refractivity contribution in [2.75, 3.05) is 7.11 Å². The zero-order chi connectivity index (χ0) is 15.6. The van der Waals surface area contributed by atoms with Gasteiger partial charge in [0.05, 0.1) is 11.6 Å². The van der Waals surface area contributed by atoms with E-state index < -0.39 is 0 Å². The predicted octanol–water partition coefficient (Wildman–Crippen LogP) is 5.26. The van der Waals surface area contributed by atoms with Crippen LogP contribution in [0.5, 0.6) is 5.75 Å². The fraction of sp³-hybridized carbons (Fsp3) is 0.235. The number of methoxy groups -OCH3 is 1. The van der Waals surface area contributed by atoms with Crippen molar-refractivity contribution in [1.29, 1.82) is 0 Å². The summed E-state index contributed by atoms with van der Waals surface area (Å²) in [4.78, 5) is 12.4. The lowest BCUT2D eigenvalue weighted by Gasteiger charge is -2.09. The molecule has 2 rings (SSSR count). The van der Waals surface area contributed by atoms with E-state index in [4.69, 9.17) is 4.74 Å². The molecule has 0 aromatic heterocycles.